The number of benzene rings is 4. The molecule has 2 spiro atoms. The van der Waals surface area contributed by atoms with Crippen molar-refractivity contribution in [2.75, 3.05) is 49.9 Å². The fourth-order valence-corrected chi connectivity index (χ4v) is 10.1. The van der Waals surface area contributed by atoms with E-state index in [2.05, 4.69) is 30.7 Å². The number of aromatic nitrogens is 1. The van der Waals surface area contributed by atoms with E-state index in [4.69, 9.17) is 55.9 Å². The van der Waals surface area contributed by atoms with Crippen LogP contribution < -0.4 is 16.0 Å². The second kappa shape index (κ2) is 21.6. The van der Waals surface area contributed by atoms with Crippen molar-refractivity contribution in [3.63, 3.8) is 0 Å². The molecule has 0 saturated carbocycles. The SMILES string of the molecule is O=C1Nc2ccc(F)cc2C2(CCN(CCC(C(=O)NCc3ccncc3)c3ccc(Cl)c(Cl)c3)CC2)O1.O=C1Nc2ccc(F)cc2C2(CCN(CCC(C(=O)O)c3ccc(Cl)c(Cl)c3)CC2)O1. The number of nitrogens with one attached hydrogen (secondary N) is 3. The molecule has 69 heavy (non-hydrogen) atoms. The molecule has 362 valence electrons. The number of carboxylic acid groups (broad SMARTS) is 1. The summed E-state index contributed by atoms with van der Waals surface area (Å²) in [4.78, 5) is 57.8. The summed E-state index contributed by atoms with van der Waals surface area (Å²) in [7, 11) is 0. The zero-order valence-electron chi connectivity index (χ0n) is 37.1. The number of hydrogen-bond donors (Lipinski definition) is 4. The maximum Gasteiger partial charge on any atom is 0.412 e. The Hall–Kier alpha value is -5.55. The highest BCUT2D eigenvalue weighted by atomic mass is 35.5. The van der Waals surface area contributed by atoms with Gasteiger partial charge in [-0.05, 0) is 115 Å². The van der Waals surface area contributed by atoms with Gasteiger partial charge in [0.1, 0.15) is 22.8 Å². The van der Waals surface area contributed by atoms with Crippen molar-refractivity contribution in [3.8, 4) is 0 Å². The van der Waals surface area contributed by atoms with Crippen LogP contribution in [0.3, 0.4) is 0 Å². The zero-order valence-corrected chi connectivity index (χ0v) is 40.1. The van der Waals surface area contributed by atoms with Crippen LogP contribution in [0.25, 0.3) is 0 Å². The molecular weight excluding hydrogens is 976 g/mol. The second-order valence-electron chi connectivity index (χ2n) is 17.5. The van der Waals surface area contributed by atoms with Crippen molar-refractivity contribution in [2.24, 2.45) is 0 Å². The van der Waals surface area contributed by atoms with Crippen LogP contribution in [0.15, 0.2) is 97.3 Å². The van der Waals surface area contributed by atoms with E-state index < -0.39 is 41.2 Å². The molecule has 4 aliphatic rings. The minimum atomic E-state index is -0.927. The van der Waals surface area contributed by atoms with E-state index in [1.165, 1.54) is 24.3 Å². The smallest absolute Gasteiger partial charge is 0.412 e. The topological polar surface area (TPSA) is 162 Å². The summed E-state index contributed by atoms with van der Waals surface area (Å²) in [5.41, 5.74) is 3.08. The molecule has 0 radical (unpaired) electrons. The van der Waals surface area contributed by atoms with Crippen molar-refractivity contribution in [1.29, 1.82) is 0 Å². The minimum Gasteiger partial charge on any atom is -0.481 e. The molecule has 19 heteroatoms. The van der Waals surface area contributed by atoms with Crippen LogP contribution in [-0.2, 0) is 36.8 Å². The Morgan fingerprint density at radius 1 is 0.652 bits per heavy atom. The first-order chi connectivity index (χ1) is 33.1. The molecule has 4 aromatic carbocycles. The van der Waals surface area contributed by atoms with Crippen molar-refractivity contribution in [1.82, 2.24) is 20.1 Å². The number of likely N-dealkylation sites (tertiary alicyclic amines) is 2. The van der Waals surface area contributed by atoms with Crippen molar-refractivity contribution in [3.05, 3.63) is 157 Å². The van der Waals surface area contributed by atoms with Crippen LogP contribution in [0.2, 0.25) is 20.1 Å². The Bertz CT molecular complexity index is 2720. The van der Waals surface area contributed by atoms with Gasteiger partial charge in [0.2, 0.25) is 5.91 Å². The summed E-state index contributed by atoms with van der Waals surface area (Å²) in [5, 5.41) is 19.5. The molecule has 3 amide bonds. The predicted molar refractivity (Wildman–Crippen MR) is 259 cm³/mol. The third-order valence-electron chi connectivity index (χ3n) is 13.3. The molecule has 0 aliphatic carbocycles. The molecule has 9 rings (SSSR count). The first-order valence-electron chi connectivity index (χ1n) is 22.4. The van der Waals surface area contributed by atoms with Crippen LogP contribution in [0.1, 0.15) is 78.2 Å². The van der Waals surface area contributed by atoms with E-state index in [0.29, 0.717) is 132 Å². The highest BCUT2D eigenvalue weighted by Gasteiger charge is 2.46. The van der Waals surface area contributed by atoms with Gasteiger partial charge in [-0.3, -0.25) is 25.2 Å². The fraction of sp³-hybridized carbons (Fsp3) is 0.340. The molecule has 0 bridgehead atoms. The lowest BCUT2D eigenvalue weighted by atomic mass is 9.82. The Kier molecular flexibility index (Phi) is 15.6. The summed E-state index contributed by atoms with van der Waals surface area (Å²) in [6, 6.07) is 22.5. The number of carbonyl (C=O) groups excluding carboxylic acids is 3. The van der Waals surface area contributed by atoms with Gasteiger partial charge < -0.3 is 29.7 Å². The average Bonchev–Trinajstić information content (AvgIpc) is 3.33. The summed E-state index contributed by atoms with van der Waals surface area (Å²) < 4.78 is 39.3. The molecule has 13 nitrogen and oxygen atoms in total. The van der Waals surface area contributed by atoms with E-state index >= 15 is 0 Å². The number of rotatable bonds is 12. The first-order valence-corrected chi connectivity index (χ1v) is 24.0. The largest absolute Gasteiger partial charge is 0.481 e. The molecule has 2 fully saturated rings. The summed E-state index contributed by atoms with van der Waals surface area (Å²) in [6.07, 6.45) is 5.32. The molecule has 2 saturated heterocycles. The second-order valence-corrected chi connectivity index (χ2v) is 19.2. The van der Waals surface area contributed by atoms with Gasteiger partial charge in [0, 0.05) is 81.9 Å². The van der Waals surface area contributed by atoms with E-state index in [1.54, 1.807) is 54.9 Å². The van der Waals surface area contributed by atoms with E-state index in [0.717, 1.165) is 11.1 Å². The summed E-state index contributed by atoms with van der Waals surface area (Å²) >= 11 is 24.4. The third kappa shape index (κ3) is 11.7. The maximum atomic E-state index is 14.0. The Labute approximate surface area is 417 Å². The lowest BCUT2D eigenvalue weighted by molar-refractivity contribution is -0.139. The van der Waals surface area contributed by atoms with Crippen molar-refractivity contribution in [2.45, 2.75) is 68.1 Å². The van der Waals surface area contributed by atoms with E-state index in [1.807, 2.05) is 18.2 Å². The fourth-order valence-electron chi connectivity index (χ4n) is 9.54. The lowest BCUT2D eigenvalue weighted by Gasteiger charge is -2.44. The van der Waals surface area contributed by atoms with E-state index in [-0.39, 0.29) is 17.5 Å². The number of aliphatic carboxylic acids is 1. The van der Waals surface area contributed by atoms with Gasteiger partial charge in [-0.25, -0.2) is 18.4 Å². The normalized spacial score (nSPS) is 17.9. The molecule has 4 N–H and O–H groups in total. The number of ether oxygens (including phenoxy) is 2. The van der Waals surface area contributed by atoms with Gasteiger partial charge in [0.25, 0.3) is 0 Å². The van der Waals surface area contributed by atoms with Crippen LogP contribution in [0.5, 0.6) is 0 Å². The van der Waals surface area contributed by atoms with Crippen LogP contribution in [-0.4, -0.2) is 83.2 Å². The van der Waals surface area contributed by atoms with Crippen LogP contribution in [0, 0.1) is 11.6 Å². The molecule has 4 aliphatic heterocycles. The number of carbonyl (C=O) groups is 4. The number of carboxylic acids is 1. The van der Waals surface area contributed by atoms with Gasteiger partial charge in [-0.15, -0.1) is 0 Å². The molecule has 5 heterocycles. The first kappa shape index (κ1) is 49.9. The molecule has 5 aromatic rings. The number of nitrogens with zero attached hydrogens (tertiary/aromatic N) is 3. The minimum absolute atomic E-state index is 0.106. The molecule has 2 atom stereocenters. The monoisotopic (exact) mass is 1020 g/mol. The molecule has 2 unspecified atom stereocenters. The van der Waals surface area contributed by atoms with Crippen LogP contribution in [0.4, 0.5) is 29.7 Å². The molecular formula is C50H48Cl4F2N6O7. The van der Waals surface area contributed by atoms with Crippen molar-refractivity contribution < 1.29 is 42.5 Å². The number of amides is 3. The Morgan fingerprint density at radius 3 is 1.55 bits per heavy atom. The third-order valence-corrected chi connectivity index (χ3v) is 14.8. The van der Waals surface area contributed by atoms with Gasteiger partial charge >= 0.3 is 18.2 Å². The van der Waals surface area contributed by atoms with Crippen LogP contribution >= 0.6 is 46.4 Å². The number of anilines is 2. The van der Waals surface area contributed by atoms with E-state index in [9.17, 15) is 33.1 Å². The highest BCUT2D eigenvalue weighted by Crippen LogP contribution is 2.45. The predicted octanol–water partition coefficient (Wildman–Crippen LogP) is 11.1. The maximum absolute atomic E-state index is 14.0. The Balaban J connectivity index is 0.000000190. The van der Waals surface area contributed by atoms with Gasteiger partial charge in [0.15, 0.2) is 0 Å². The zero-order chi connectivity index (χ0) is 48.9. The number of piperidine rings is 2. The standard InChI is InChI=1S/C28H27Cl2FN4O3.C22H21Cl2FN2O4/c29-23-3-1-19(15-24(23)30)21(26(36)33-17-18-5-10-32-11-6-18)7-12-35-13-8-28(9-14-35)22-16-20(31)2-4-25(22)34-27(37)38-28;23-17-3-1-13(11-18(17)24)15(20(28)29)5-8-27-9-6-22(7-10-27)16-12-14(25)2-4-19(16)26-21(30)31-22/h1-6,10-11,15-16,21H,7-9,12-14,17H2,(H,33,36)(H,34,37);1-4,11-12,15H,5-10H2,(H,26,30)(H,28,29). The lowest BCUT2D eigenvalue weighted by Crippen LogP contribution is -2.48. The number of fused-ring (bicyclic) bond motifs is 4. The van der Waals surface area contributed by atoms with Gasteiger partial charge in [-0.1, -0.05) is 58.5 Å². The average molecular weight is 1020 g/mol. The quantitative estimate of drug-likeness (QED) is 0.0946. The highest BCUT2D eigenvalue weighted by molar-refractivity contribution is 6.42. The Morgan fingerprint density at radius 2 is 1.10 bits per heavy atom. The van der Waals surface area contributed by atoms with Gasteiger partial charge in [0.05, 0.1) is 43.3 Å². The van der Waals surface area contributed by atoms with Crippen molar-refractivity contribution >= 4 is 81.8 Å². The summed E-state index contributed by atoms with van der Waals surface area (Å²) in [5.74, 6) is -2.93. The number of pyridine rings is 1. The molecule has 1 aromatic heterocycles. The number of halogens is 6. The number of hydrogen-bond acceptors (Lipinski definition) is 9. The van der Waals surface area contributed by atoms with Gasteiger partial charge in [-0.2, -0.15) is 0 Å². The summed E-state index contributed by atoms with van der Waals surface area (Å²) in [6.45, 7) is 4.04.